The molecule has 0 spiro atoms. The zero-order valence-electron chi connectivity index (χ0n) is 10.9. The summed E-state index contributed by atoms with van der Waals surface area (Å²) < 4.78 is 43.2. The summed E-state index contributed by atoms with van der Waals surface area (Å²) in [5, 5.41) is 21.3. The van der Waals surface area contributed by atoms with E-state index in [9.17, 15) is 28.1 Å². The van der Waals surface area contributed by atoms with Crippen molar-refractivity contribution < 1.29 is 32.7 Å². The van der Waals surface area contributed by atoms with E-state index in [0.717, 1.165) is 25.3 Å². The highest BCUT2D eigenvalue weighted by molar-refractivity contribution is 5.83. The van der Waals surface area contributed by atoms with Gasteiger partial charge in [0, 0.05) is 17.8 Å². The van der Waals surface area contributed by atoms with E-state index < -0.39 is 28.3 Å². The van der Waals surface area contributed by atoms with Crippen LogP contribution < -0.4 is 10.1 Å². The lowest BCUT2D eigenvalue weighted by Crippen LogP contribution is -2.55. The van der Waals surface area contributed by atoms with Gasteiger partial charge in [0.15, 0.2) is 5.75 Å². The first kappa shape index (κ1) is 16.5. The highest BCUT2D eigenvalue weighted by atomic mass is 19.4. The molecule has 0 heterocycles. The van der Waals surface area contributed by atoms with Gasteiger partial charge in [-0.05, 0) is 13.0 Å². The molecule has 0 amide bonds. The Kier molecular flexibility index (Phi) is 4.30. The third kappa shape index (κ3) is 3.15. The first-order chi connectivity index (χ1) is 9.52. The van der Waals surface area contributed by atoms with Crippen LogP contribution in [-0.4, -0.2) is 34.8 Å². The maximum atomic E-state index is 12.8. The van der Waals surface area contributed by atoms with Crippen LogP contribution in [0.3, 0.4) is 0 Å². The summed E-state index contributed by atoms with van der Waals surface area (Å²) in [6, 6.07) is 2.80. The average Bonchev–Trinajstić information content (AvgIpc) is 2.36. The van der Waals surface area contributed by atoms with Gasteiger partial charge in [0.2, 0.25) is 5.54 Å². The van der Waals surface area contributed by atoms with E-state index in [0.29, 0.717) is 6.92 Å². The second-order valence-electron chi connectivity index (χ2n) is 4.20. The second-order valence-corrected chi connectivity index (χ2v) is 4.20. The van der Waals surface area contributed by atoms with Crippen LogP contribution in [0.4, 0.5) is 24.5 Å². The number of hydrogen-bond donors (Lipinski definition) is 2. The number of carbonyl (C=O) groups is 1. The van der Waals surface area contributed by atoms with Gasteiger partial charge in [0.1, 0.15) is 0 Å². The van der Waals surface area contributed by atoms with Gasteiger partial charge in [-0.2, -0.15) is 13.2 Å². The van der Waals surface area contributed by atoms with E-state index in [2.05, 4.69) is 0 Å². The van der Waals surface area contributed by atoms with Gasteiger partial charge in [-0.3, -0.25) is 10.1 Å². The fraction of sp³-hybridized carbons (Fsp3) is 0.364. The largest absolute Gasteiger partial charge is 0.490 e. The predicted molar refractivity (Wildman–Crippen MR) is 65.4 cm³/mol. The van der Waals surface area contributed by atoms with E-state index in [1.165, 1.54) is 0 Å². The van der Waals surface area contributed by atoms with Gasteiger partial charge < -0.3 is 15.2 Å². The molecular formula is C11H11F3N2O5. The van der Waals surface area contributed by atoms with Crippen molar-refractivity contribution in [3.63, 3.8) is 0 Å². The Hall–Kier alpha value is -2.52. The lowest BCUT2D eigenvalue weighted by molar-refractivity contribution is -0.385. The third-order valence-electron chi connectivity index (χ3n) is 2.77. The van der Waals surface area contributed by atoms with Gasteiger partial charge >= 0.3 is 17.8 Å². The normalized spacial score (nSPS) is 14.1. The van der Waals surface area contributed by atoms with Crippen molar-refractivity contribution >= 4 is 17.3 Å². The maximum Gasteiger partial charge on any atom is 0.422 e. The molecule has 0 radical (unpaired) electrons. The molecule has 1 aromatic carbocycles. The van der Waals surface area contributed by atoms with Crippen LogP contribution in [0.2, 0.25) is 0 Å². The molecule has 21 heavy (non-hydrogen) atoms. The van der Waals surface area contributed by atoms with Gasteiger partial charge in [-0.15, -0.1) is 0 Å². The standard InChI is InChI=1S/C11H11F3N2O5/c1-10(9(17)18,11(12,13)14)15-6-3-4-7(16(19)20)8(5-6)21-2/h3-5,15H,1-2H3,(H,17,18). The summed E-state index contributed by atoms with van der Waals surface area (Å²) in [6.45, 7) is 0.448. The van der Waals surface area contributed by atoms with Crippen LogP contribution in [0, 0.1) is 10.1 Å². The molecule has 10 heteroatoms. The lowest BCUT2D eigenvalue weighted by atomic mass is 10.0. The van der Waals surface area contributed by atoms with Crippen molar-refractivity contribution in [1.29, 1.82) is 0 Å². The van der Waals surface area contributed by atoms with E-state index >= 15 is 0 Å². The molecule has 0 fully saturated rings. The molecule has 0 aliphatic rings. The maximum absolute atomic E-state index is 12.8. The van der Waals surface area contributed by atoms with Gasteiger partial charge in [0.05, 0.1) is 12.0 Å². The minimum Gasteiger partial charge on any atom is -0.490 e. The van der Waals surface area contributed by atoms with Crippen LogP contribution >= 0.6 is 0 Å². The molecule has 1 unspecified atom stereocenters. The summed E-state index contributed by atoms with van der Waals surface area (Å²) in [7, 11) is 1.10. The highest BCUT2D eigenvalue weighted by Gasteiger charge is 2.57. The number of methoxy groups -OCH3 is 1. The first-order valence-corrected chi connectivity index (χ1v) is 5.43. The number of aliphatic carboxylic acids is 1. The third-order valence-corrected chi connectivity index (χ3v) is 2.77. The van der Waals surface area contributed by atoms with Crippen molar-refractivity contribution in [2.24, 2.45) is 0 Å². The SMILES string of the molecule is COc1cc(NC(C)(C(=O)O)C(F)(F)F)ccc1[N+](=O)[O-]. The molecule has 1 rings (SSSR count). The number of hydrogen-bond acceptors (Lipinski definition) is 5. The zero-order valence-corrected chi connectivity index (χ0v) is 10.9. The monoisotopic (exact) mass is 308 g/mol. The quantitative estimate of drug-likeness (QED) is 0.640. The van der Waals surface area contributed by atoms with E-state index in [1.54, 1.807) is 0 Å². The molecule has 2 N–H and O–H groups in total. The van der Waals surface area contributed by atoms with E-state index in [-0.39, 0.29) is 11.4 Å². The first-order valence-electron chi connectivity index (χ1n) is 5.43. The van der Waals surface area contributed by atoms with Crippen molar-refractivity contribution in [3.8, 4) is 5.75 Å². The highest BCUT2D eigenvalue weighted by Crippen LogP contribution is 2.36. The van der Waals surface area contributed by atoms with Gasteiger partial charge in [-0.25, -0.2) is 4.79 Å². The van der Waals surface area contributed by atoms with Crippen LogP contribution in [0.25, 0.3) is 0 Å². The fourth-order valence-corrected chi connectivity index (χ4v) is 1.44. The Morgan fingerprint density at radius 3 is 2.38 bits per heavy atom. The molecule has 0 saturated carbocycles. The second kappa shape index (κ2) is 5.46. The molecule has 116 valence electrons. The Balaban J connectivity index is 3.24. The zero-order chi connectivity index (χ0) is 16.4. The minimum absolute atomic E-state index is 0.278. The number of ether oxygens (including phenoxy) is 1. The number of halogens is 3. The number of nitrogens with zero attached hydrogens (tertiary/aromatic N) is 1. The number of benzene rings is 1. The fourth-order valence-electron chi connectivity index (χ4n) is 1.44. The number of carboxylic acids is 1. The lowest BCUT2D eigenvalue weighted by Gasteiger charge is -2.29. The Morgan fingerprint density at radius 2 is 2.00 bits per heavy atom. The van der Waals surface area contributed by atoms with Crippen LogP contribution in [0.1, 0.15) is 6.92 Å². The van der Waals surface area contributed by atoms with Crippen LogP contribution in [-0.2, 0) is 4.79 Å². The summed E-state index contributed by atoms with van der Waals surface area (Å²) in [5.74, 6) is -2.42. The number of nitro benzene ring substituents is 1. The molecular weight excluding hydrogens is 297 g/mol. The van der Waals surface area contributed by atoms with Crippen molar-refractivity contribution in [2.45, 2.75) is 18.6 Å². The molecule has 0 aromatic heterocycles. The summed E-state index contributed by atoms with van der Waals surface area (Å²) in [4.78, 5) is 20.8. The van der Waals surface area contributed by atoms with E-state index in [4.69, 9.17) is 9.84 Å². The predicted octanol–water partition coefficient (Wildman–Crippen LogP) is 2.42. The van der Waals surface area contributed by atoms with Crippen molar-refractivity contribution in [2.75, 3.05) is 12.4 Å². The summed E-state index contributed by atoms with van der Waals surface area (Å²) in [6.07, 6.45) is -5.08. The topological polar surface area (TPSA) is 102 Å². The smallest absolute Gasteiger partial charge is 0.422 e. The number of carboxylic acid groups (broad SMARTS) is 1. The number of rotatable bonds is 5. The Labute approximate surface area is 116 Å². The van der Waals surface area contributed by atoms with Crippen LogP contribution in [0.5, 0.6) is 5.75 Å². The minimum atomic E-state index is -5.08. The van der Waals surface area contributed by atoms with Gasteiger partial charge in [-0.1, -0.05) is 0 Å². The Morgan fingerprint density at radius 1 is 1.43 bits per heavy atom. The molecule has 1 aromatic rings. The summed E-state index contributed by atoms with van der Waals surface area (Å²) >= 11 is 0. The average molecular weight is 308 g/mol. The summed E-state index contributed by atoms with van der Waals surface area (Å²) in [5.41, 5.74) is -3.97. The number of anilines is 1. The number of nitro groups is 1. The Bertz CT molecular complexity index is 575. The molecule has 0 bridgehead atoms. The number of alkyl halides is 3. The molecule has 0 saturated heterocycles. The van der Waals surface area contributed by atoms with Crippen molar-refractivity contribution in [1.82, 2.24) is 0 Å². The van der Waals surface area contributed by atoms with Gasteiger partial charge in [0.25, 0.3) is 0 Å². The molecule has 0 aliphatic heterocycles. The molecule has 1 atom stereocenters. The van der Waals surface area contributed by atoms with Crippen LogP contribution in [0.15, 0.2) is 18.2 Å². The van der Waals surface area contributed by atoms with E-state index in [1.807, 2.05) is 5.32 Å². The molecule has 0 aliphatic carbocycles. The van der Waals surface area contributed by atoms with Crippen molar-refractivity contribution in [3.05, 3.63) is 28.3 Å². The molecule has 7 nitrogen and oxygen atoms in total. The number of nitrogens with one attached hydrogen (secondary N) is 1.